The fraction of sp³-hybridized carbons (Fsp3) is 0.600. The summed E-state index contributed by atoms with van der Waals surface area (Å²) in [4.78, 5) is 1.33. The van der Waals surface area contributed by atoms with Gasteiger partial charge in [0, 0.05) is 18.0 Å². The van der Waals surface area contributed by atoms with E-state index in [-0.39, 0.29) is 0 Å². The Balaban J connectivity index is 2.32. The molecule has 0 spiro atoms. The van der Waals surface area contributed by atoms with Crippen LogP contribution >= 0.6 is 11.8 Å². The summed E-state index contributed by atoms with van der Waals surface area (Å²) in [5.41, 5.74) is 1.35. The van der Waals surface area contributed by atoms with Crippen molar-refractivity contribution in [1.82, 2.24) is 5.32 Å². The lowest BCUT2D eigenvalue weighted by Gasteiger charge is -2.08. The van der Waals surface area contributed by atoms with Crippen molar-refractivity contribution in [3.8, 4) is 0 Å². The lowest BCUT2D eigenvalue weighted by Crippen LogP contribution is -2.18. The zero-order valence-electron chi connectivity index (χ0n) is 11.5. The van der Waals surface area contributed by atoms with Gasteiger partial charge < -0.3 is 10.4 Å². The molecule has 0 fully saturated rings. The van der Waals surface area contributed by atoms with E-state index in [4.69, 9.17) is 5.11 Å². The third kappa shape index (κ3) is 7.04. The largest absolute Gasteiger partial charge is 0.396 e. The van der Waals surface area contributed by atoms with Crippen LogP contribution in [-0.2, 0) is 6.54 Å². The van der Waals surface area contributed by atoms with E-state index in [1.807, 2.05) is 11.8 Å². The SMILES string of the molecule is CC(C)CNCc1cccc(SCCCCO)c1. The summed E-state index contributed by atoms with van der Waals surface area (Å²) in [5, 5.41) is 12.2. The second kappa shape index (κ2) is 9.42. The third-order valence-corrected chi connectivity index (χ3v) is 3.68. The van der Waals surface area contributed by atoms with Crippen molar-refractivity contribution in [3.05, 3.63) is 29.8 Å². The number of benzene rings is 1. The van der Waals surface area contributed by atoms with Crippen LogP contribution in [0.3, 0.4) is 0 Å². The molecular weight excluding hydrogens is 242 g/mol. The number of nitrogens with one attached hydrogen (secondary N) is 1. The number of hydrogen-bond donors (Lipinski definition) is 2. The number of hydrogen-bond acceptors (Lipinski definition) is 3. The molecule has 0 aliphatic carbocycles. The van der Waals surface area contributed by atoms with Crippen LogP contribution in [0, 0.1) is 5.92 Å². The molecule has 0 aromatic heterocycles. The van der Waals surface area contributed by atoms with E-state index in [2.05, 4.69) is 43.4 Å². The molecule has 18 heavy (non-hydrogen) atoms. The van der Waals surface area contributed by atoms with Crippen molar-refractivity contribution in [2.75, 3.05) is 18.9 Å². The van der Waals surface area contributed by atoms with Gasteiger partial charge in [0.1, 0.15) is 0 Å². The summed E-state index contributed by atoms with van der Waals surface area (Å²) >= 11 is 1.88. The minimum atomic E-state index is 0.305. The van der Waals surface area contributed by atoms with Gasteiger partial charge in [0.05, 0.1) is 0 Å². The fourth-order valence-electron chi connectivity index (χ4n) is 1.65. The molecule has 0 bridgehead atoms. The van der Waals surface area contributed by atoms with E-state index < -0.39 is 0 Å². The highest BCUT2D eigenvalue weighted by Crippen LogP contribution is 2.20. The van der Waals surface area contributed by atoms with Gasteiger partial charge in [-0.2, -0.15) is 0 Å². The Hall–Kier alpha value is -0.510. The van der Waals surface area contributed by atoms with Gasteiger partial charge in [0.2, 0.25) is 0 Å². The third-order valence-electron chi connectivity index (χ3n) is 2.60. The molecule has 0 saturated heterocycles. The first-order valence-electron chi connectivity index (χ1n) is 6.75. The Kier molecular flexibility index (Phi) is 8.14. The predicted molar refractivity (Wildman–Crippen MR) is 80.0 cm³/mol. The molecule has 0 radical (unpaired) electrons. The van der Waals surface area contributed by atoms with Crippen molar-refractivity contribution < 1.29 is 5.11 Å². The topological polar surface area (TPSA) is 32.3 Å². The summed E-state index contributed by atoms with van der Waals surface area (Å²) in [6.07, 6.45) is 1.99. The lowest BCUT2D eigenvalue weighted by atomic mass is 10.2. The summed E-state index contributed by atoms with van der Waals surface area (Å²) < 4.78 is 0. The van der Waals surface area contributed by atoms with Crippen molar-refractivity contribution in [2.24, 2.45) is 5.92 Å². The predicted octanol–water partition coefficient (Wildman–Crippen LogP) is 3.30. The maximum atomic E-state index is 8.73. The minimum Gasteiger partial charge on any atom is -0.396 e. The molecule has 1 aromatic rings. The number of rotatable bonds is 9. The molecule has 102 valence electrons. The average Bonchev–Trinajstić information content (AvgIpc) is 2.35. The highest BCUT2D eigenvalue weighted by atomic mass is 32.2. The molecule has 3 heteroatoms. The zero-order chi connectivity index (χ0) is 13.2. The Morgan fingerprint density at radius 3 is 2.83 bits per heavy atom. The molecule has 0 aliphatic heterocycles. The second-order valence-corrected chi connectivity index (χ2v) is 6.12. The summed E-state index contributed by atoms with van der Waals surface area (Å²) in [5.74, 6) is 1.78. The number of aliphatic hydroxyl groups excluding tert-OH is 1. The van der Waals surface area contributed by atoms with Crippen molar-refractivity contribution in [2.45, 2.75) is 38.1 Å². The minimum absolute atomic E-state index is 0.305. The molecule has 0 unspecified atom stereocenters. The number of thioether (sulfide) groups is 1. The van der Waals surface area contributed by atoms with Gasteiger partial charge in [-0.05, 0) is 48.8 Å². The van der Waals surface area contributed by atoms with Crippen molar-refractivity contribution in [3.63, 3.8) is 0 Å². The molecule has 2 nitrogen and oxygen atoms in total. The average molecular weight is 267 g/mol. The summed E-state index contributed by atoms with van der Waals surface area (Å²) in [6, 6.07) is 8.72. The molecule has 1 aromatic carbocycles. The second-order valence-electron chi connectivity index (χ2n) is 4.95. The van der Waals surface area contributed by atoms with Crippen LogP contribution in [-0.4, -0.2) is 24.0 Å². The molecular formula is C15H25NOS. The van der Waals surface area contributed by atoms with Gasteiger partial charge in [-0.3, -0.25) is 0 Å². The van der Waals surface area contributed by atoms with Crippen LogP contribution in [0.4, 0.5) is 0 Å². The number of aliphatic hydroxyl groups is 1. The van der Waals surface area contributed by atoms with Gasteiger partial charge in [0.25, 0.3) is 0 Å². The van der Waals surface area contributed by atoms with E-state index in [0.717, 1.165) is 31.7 Å². The fourth-order valence-corrected chi connectivity index (χ4v) is 2.65. The standard InChI is InChI=1S/C15H25NOS/c1-13(2)11-16-12-14-6-5-7-15(10-14)18-9-4-3-8-17/h5-7,10,13,16-17H,3-4,8-9,11-12H2,1-2H3. The van der Waals surface area contributed by atoms with Gasteiger partial charge in [-0.15, -0.1) is 11.8 Å². The van der Waals surface area contributed by atoms with Gasteiger partial charge in [0.15, 0.2) is 0 Å². The molecule has 1 rings (SSSR count). The smallest absolute Gasteiger partial charge is 0.0431 e. The maximum absolute atomic E-state index is 8.73. The first kappa shape index (κ1) is 15.5. The molecule has 0 atom stereocenters. The number of unbranched alkanes of at least 4 members (excludes halogenated alkanes) is 1. The highest BCUT2D eigenvalue weighted by molar-refractivity contribution is 7.99. The monoisotopic (exact) mass is 267 g/mol. The first-order chi connectivity index (χ1) is 8.72. The highest BCUT2D eigenvalue weighted by Gasteiger charge is 1.98. The van der Waals surface area contributed by atoms with E-state index >= 15 is 0 Å². The van der Waals surface area contributed by atoms with E-state index in [9.17, 15) is 0 Å². The van der Waals surface area contributed by atoms with Crippen LogP contribution < -0.4 is 5.32 Å². The van der Waals surface area contributed by atoms with E-state index in [0.29, 0.717) is 12.5 Å². The van der Waals surface area contributed by atoms with Gasteiger partial charge >= 0.3 is 0 Å². The van der Waals surface area contributed by atoms with Crippen LogP contribution in [0.25, 0.3) is 0 Å². The Morgan fingerprint density at radius 1 is 1.28 bits per heavy atom. The Morgan fingerprint density at radius 2 is 2.11 bits per heavy atom. The van der Waals surface area contributed by atoms with Crippen LogP contribution in [0.2, 0.25) is 0 Å². The van der Waals surface area contributed by atoms with E-state index in [1.54, 1.807) is 0 Å². The lowest BCUT2D eigenvalue weighted by molar-refractivity contribution is 0.287. The van der Waals surface area contributed by atoms with Crippen LogP contribution in [0.1, 0.15) is 32.3 Å². The molecule has 0 heterocycles. The summed E-state index contributed by atoms with van der Waals surface area (Å²) in [6.45, 7) is 6.76. The molecule has 0 amide bonds. The Bertz CT molecular complexity index is 328. The zero-order valence-corrected chi connectivity index (χ0v) is 12.3. The molecule has 0 aliphatic rings. The molecule has 0 saturated carbocycles. The van der Waals surface area contributed by atoms with Crippen molar-refractivity contribution in [1.29, 1.82) is 0 Å². The maximum Gasteiger partial charge on any atom is 0.0431 e. The van der Waals surface area contributed by atoms with Gasteiger partial charge in [-0.1, -0.05) is 26.0 Å². The van der Waals surface area contributed by atoms with Crippen LogP contribution in [0.5, 0.6) is 0 Å². The first-order valence-corrected chi connectivity index (χ1v) is 7.74. The normalized spacial score (nSPS) is 11.1. The molecule has 2 N–H and O–H groups in total. The Labute approximate surface area is 115 Å². The van der Waals surface area contributed by atoms with Crippen LogP contribution in [0.15, 0.2) is 29.2 Å². The quantitative estimate of drug-likeness (QED) is 0.532. The van der Waals surface area contributed by atoms with Crippen molar-refractivity contribution >= 4 is 11.8 Å². The van der Waals surface area contributed by atoms with Gasteiger partial charge in [-0.25, -0.2) is 0 Å². The summed E-state index contributed by atoms with van der Waals surface area (Å²) in [7, 11) is 0. The van der Waals surface area contributed by atoms with E-state index in [1.165, 1.54) is 10.5 Å².